The second-order valence-corrected chi connectivity index (χ2v) is 11.1. The number of sulfonamides is 1. The number of anilines is 1. The zero-order valence-corrected chi connectivity index (χ0v) is 22.6. The lowest BCUT2D eigenvalue weighted by atomic mass is 10.1. The third-order valence-electron chi connectivity index (χ3n) is 6.36. The van der Waals surface area contributed by atoms with Gasteiger partial charge in [-0.05, 0) is 63.3 Å². The molecule has 0 heterocycles. The maximum atomic E-state index is 13.3. The van der Waals surface area contributed by atoms with Crippen LogP contribution in [-0.2, 0) is 26.2 Å². The molecule has 2 rings (SSSR count). The lowest BCUT2D eigenvalue weighted by Crippen LogP contribution is -2.49. The summed E-state index contributed by atoms with van der Waals surface area (Å²) in [6.45, 7) is 9.98. The van der Waals surface area contributed by atoms with Gasteiger partial charge in [-0.3, -0.25) is 13.9 Å². The number of hydrogen-bond donors (Lipinski definition) is 1. The topological polar surface area (TPSA) is 86.8 Å². The lowest BCUT2D eigenvalue weighted by Gasteiger charge is -2.30. The van der Waals surface area contributed by atoms with Crippen LogP contribution in [0.5, 0.6) is 0 Å². The molecular formula is C27H39N3O4S. The molecule has 0 saturated heterocycles. The molecule has 2 unspecified atom stereocenters. The zero-order chi connectivity index (χ0) is 26.2. The molecule has 7 nitrogen and oxygen atoms in total. The summed E-state index contributed by atoms with van der Waals surface area (Å²) in [5.74, 6) is -0.383. The van der Waals surface area contributed by atoms with Crippen LogP contribution in [0.15, 0.2) is 48.5 Å². The molecule has 8 heteroatoms. The van der Waals surface area contributed by atoms with Crippen molar-refractivity contribution in [3.8, 4) is 0 Å². The molecule has 1 N–H and O–H groups in total. The Balaban J connectivity index is 2.18. The summed E-state index contributed by atoms with van der Waals surface area (Å²) in [6.07, 6.45) is 2.44. The zero-order valence-electron chi connectivity index (χ0n) is 21.7. The standard InChI is InChI=1S/C27H39N3O4S/c1-7-21(3)28-27(32)23(5)29(19-24-14-9-8-10-15-24)26(31)17-12-18-30(35(6,33)34)25-16-11-13-20(2)22(25)4/h8-11,13-16,21,23H,7,12,17-19H2,1-6H3,(H,28,32). The highest BCUT2D eigenvalue weighted by Crippen LogP contribution is 2.25. The summed E-state index contributed by atoms with van der Waals surface area (Å²) < 4.78 is 26.5. The van der Waals surface area contributed by atoms with E-state index < -0.39 is 16.1 Å². The van der Waals surface area contributed by atoms with Gasteiger partial charge in [0.1, 0.15) is 6.04 Å². The largest absolute Gasteiger partial charge is 0.352 e. The molecule has 192 valence electrons. The molecule has 2 atom stereocenters. The fourth-order valence-electron chi connectivity index (χ4n) is 3.82. The van der Waals surface area contributed by atoms with Crippen molar-refractivity contribution in [2.75, 3.05) is 17.1 Å². The fourth-order valence-corrected chi connectivity index (χ4v) is 4.83. The molecule has 0 saturated carbocycles. The molecule has 2 aromatic carbocycles. The van der Waals surface area contributed by atoms with Gasteiger partial charge in [0.05, 0.1) is 11.9 Å². The van der Waals surface area contributed by atoms with Crippen molar-refractivity contribution >= 4 is 27.5 Å². The molecule has 0 radical (unpaired) electrons. The third kappa shape index (κ3) is 8.09. The fraction of sp³-hybridized carbons (Fsp3) is 0.481. The van der Waals surface area contributed by atoms with Crippen LogP contribution in [0, 0.1) is 13.8 Å². The van der Waals surface area contributed by atoms with Gasteiger partial charge in [-0.1, -0.05) is 49.4 Å². The van der Waals surface area contributed by atoms with Crippen LogP contribution < -0.4 is 9.62 Å². The lowest BCUT2D eigenvalue weighted by molar-refractivity contribution is -0.140. The van der Waals surface area contributed by atoms with Gasteiger partial charge in [0.25, 0.3) is 0 Å². The summed E-state index contributed by atoms with van der Waals surface area (Å²) in [4.78, 5) is 27.7. The summed E-state index contributed by atoms with van der Waals surface area (Å²) in [5, 5.41) is 2.96. The maximum absolute atomic E-state index is 13.3. The second kappa shape index (κ2) is 12.7. The highest BCUT2D eigenvalue weighted by molar-refractivity contribution is 7.92. The number of carbonyl (C=O) groups is 2. The van der Waals surface area contributed by atoms with Crippen molar-refractivity contribution in [3.63, 3.8) is 0 Å². The molecule has 2 aromatic rings. The average molecular weight is 502 g/mol. The van der Waals surface area contributed by atoms with E-state index in [4.69, 9.17) is 0 Å². The molecule has 0 aliphatic heterocycles. The van der Waals surface area contributed by atoms with Gasteiger partial charge in [-0.15, -0.1) is 0 Å². The van der Waals surface area contributed by atoms with Crippen LogP contribution in [-0.4, -0.2) is 50.0 Å². The average Bonchev–Trinajstić information content (AvgIpc) is 2.81. The Labute approximate surface area is 210 Å². The van der Waals surface area contributed by atoms with Gasteiger partial charge in [0, 0.05) is 25.6 Å². The number of benzene rings is 2. The first kappa shape index (κ1) is 28.4. The molecular weight excluding hydrogens is 462 g/mol. The van der Waals surface area contributed by atoms with Crippen molar-refractivity contribution < 1.29 is 18.0 Å². The number of nitrogens with zero attached hydrogens (tertiary/aromatic N) is 2. The predicted molar refractivity (Wildman–Crippen MR) is 142 cm³/mol. The van der Waals surface area contributed by atoms with Gasteiger partial charge in [0.15, 0.2) is 0 Å². The van der Waals surface area contributed by atoms with E-state index in [2.05, 4.69) is 5.32 Å². The summed E-state index contributed by atoms with van der Waals surface area (Å²) in [5.41, 5.74) is 3.45. The van der Waals surface area contributed by atoms with E-state index in [1.807, 2.05) is 70.2 Å². The van der Waals surface area contributed by atoms with E-state index in [1.54, 1.807) is 17.9 Å². The van der Waals surface area contributed by atoms with Gasteiger partial charge in [0.2, 0.25) is 21.8 Å². The first-order valence-corrected chi connectivity index (χ1v) is 14.0. The van der Waals surface area contributed by atoms with E-state index in [0.717, 1.165) is 23.1 Å². The number of amides is 2. The first-order chi connectivity index (χ1) is 16.5. The number of carbonyl (C=O) groups excluding carboxylic acids is 2. The molecule has 0 fully saturated rings. The summed E-state index contributed by atoms with van der Waals surface area (Å²) >= 11 is 0. The van der Waals surface area contributed by atoms with Crippen LogP contribution in [0.4, 0.5) is 5.69 Å². The third-order valence-corrected chi connectivity index (χ3v) is 7.54. The Morgan fingerprint density at radius 2 is 1.66 bits per heavy atom. The van der Waals surface area contributed by atoms with E-state index >= 15 is 0 Å². The highest BCUT2D eigenvalue weighted by atomic mass is 32.2. The highest BCUT2D eigenvalue weighted by Gasteiger charge is 2.27. The van der Waals surface area contributed by atoms with Crippen molar-refractivity contribution in [2.24, 2.45) is 0 Å². The Hall–Kier alpha value is -2.87. The minimum atomic E-state index is -3.53. The summed E-state index contributed by atoms with van der Waals surface area (Å²) in [7, 11) is -3.53. The van der Waals surface area contributed by atoms with Crippen LogP contribution >= 0.6 is 0 Å². The number of aryl methyl sites for hydroxylation is 1. The molecule has 0 aliphatic rings. The van der Waals surface area contributed by atoms with Gasteiger partial charge >= 0.3 is 0 Å². The normalized spacial score (nSPS) is 13.1. The second-order valence-electron chi connectivity index (χ2n) is 9.16. The van der Waals surface area contributed by atoms with Crippen molar-refractivity contribution in [1.29, 1.82) is 0 Å². The van der Waals surface area contributed by atoms with Crippen LogP contribution in [0.25, 0.3) is 0 Å². The van der Waals surface area contributed by atoms with Crippen molar-refractivity contribution in [2.45, 2.75) is 72.5 Å². The molecule has 35 heavy (non-hydrogen) atoms. The van der Waals surface area contributed by atoms with Gasteiger partial charge < -0.3 is 10.2 Å². The number of hydrogen-bond acceptors (Lipinski definition) is 4. The van der Waals surface area contributed by atoms with Gasteiger partial charge in [-0.2, -0.15) is 0 Å². The Morgan fingerprint density at radius 1 is 1.00 bits per heavy atom. The van der Waals surface area contributed by atoms with Gasteiger partial charge in [-0.25, -0.2) is 8.42 Å². The summed E-state index contributed by atoms with van der Waals surface area (Å²) in [6, 6.07) is 14.5. The van der Waals surface area contributed by atoms with Crippen LogP contribution in [0.3, 0.4) is 0 Å². The van der Waals surface area contributed by atoms with E-state index in [1.165, 1.54) is 10.6 Å². The predicted octanol–water partition coefficient (Wildman–Crippen LogP) is 4.18. The quantitative estimate of drug-likeness (QED) is 0.473. The van der Waals surface area contributed by atoms with E-state index in [9.17, 15) is 18.0 Å². The number of nitrogens with one attached hydrogen (secondary N) is 1. The minimum absolute atomic E-state index is 0.0134. The molecule has 0 aromatic heterocycles. The monoisotopic (exact) mass is 501 g/mol. The maximum Gasteiger partial charge on any atom is 0.242 e. The first-order valence-electron chi connectivity index (χ1n) is 12.1. The van der Waals surface area contributed by atoms with Crippen LogP contribution in [0.2, 0.25) is 0 Å². The smallest absolute Gasteiger partial charge is 0.242 e. The van der Waals surface area contributed by atoms with Crippen molar-refractivity contribution in [3.05, 3.63) is 65.2 Å². The van der Waals surface area contributed by atoms with Crippen LogP contribution in [0.1, 0.15) is 56.7 Å². The molecule has 2 amide bonds. The van der Waals surface area contributed by atoms with E-state index in [0.29, 0.717) is 18.7 Å². The minimum Gasteiger partial charge on any atom is -0.352 e. The molecule has 0 bridgehead atoms. The van der Waals surface area contributed by atoms with E-state index in [-0.39, 0.29) is 30.8 Å². The Bertz CT molecular complexity index is 1100. The molecule has 0 spiro atoms. The Kier molecular flexibility index (Phi) is 10.3. The molecule has 0 aliphatic carbocycles. The SMILES string of the molecule is CCC(C)NC(=O)C(C)N(Cc1ccccc1)C(=O)CCCN(c1cccc(C)c1C)S(C)(=O)=O. The van der Waals surface area contributed by atoms with Crippen molar-refractivity contribution in [1.82, 2.24) is 10.2 Å². The number of rotatable bonds is 12. The Morgan fingerprint density at radius 3 is 2.26 bits per heavy atom.